The van der Waals surface area contributed by atoms with E-state index in [2.05, 4.69) is 9.97 Å². The average molecular weight is 345 g/mol. The number of anilines is 1. The lowest BCUT2D eigenvalue weighted by atomic mass is 10.2. The monoisotopic (exact) mass is 345 g/mol. The van der Waals surface area contributed by atoms with Gasteiger partial charge in [-0.15, -0.1) is 0 Å². The zero-order valence-corrected chi connectivity index (χ0v) is 14.5. The summed E-state index contributed by atoms with van der Waals surface area (Å²) in [6, 6.07) is 14.2. The number of aryl methyl sites for hydroxylation is 1. The molecule has 1 aromatic carbocycles. The standard InChI is InChI=1S/C10H11N3.C7H8O3S/c1-13(2)9-6-5-8-4-3-7-11-10(8)12-9;1-6-4-2-3-5-7(6)11(8,9)10/h3-7H,1-2H3;2-5H,1H3,(H,8,9,10). The first-order valence-corrected chi connectivity index (χ1v) is 8.65. The number of hydrogen-bond acceptors (Lipinski definition) is 5. The largest absolute Gasteiger partial charge is 0.363 e. The first-order chi connectivity index (χ1) is 11.3. The summed E-state index contributed by atoms with van der Waals surface area (Å²) < 4.78 is 29.9. The SMILES string of the molecule is CN(C)c1ccc2cccnc2n1.Cc1ccccc1S(=O)(=O)O. The van der Waals surface area contributed by atoms with Gasteiger partial charge in [-0.1, -0.05) is 18.2 Å². The maximum absolute atomic E-state index is 10.6. The fourth-order valence-electron chi connectivity index (χ4n) is 2.04. The van der Waals surface area contributed by atoms with E-state index >= 15 is 0 Å². The molecule has 6 nitrogen and oxygen atoms in total. The topological polar surface area (TPSA) is 83.4 Å². The van der Waals surface area contributed by atoms with Crippen molar-refractivity contribution in [1.29, 1.82) is 0 Å². The first kappa shape index (κ1) is 17.8. The van der Waals surface area contributed by atoms with E-state index in [1.54, 1.807) is 31.3 Å². The number of aromatic nitrogens is 2. The molecule has 0 fully saturated rings. The minimum absolute atomic E-state index is 0.0278. The van der Waals surface area contributed by atoms with Gasteiger partial charge in [-0.2, -0.15) is 8.42 Å². The van der Waals surface area contributed by atoms with Gasteiger partial charge in [0, 0.05) is 25.7 Å². The Morgan fingerprint density at radius 2 is 1.71 bits per heavy atom. The van der Waals surface area contributed by atoms with Gasteiger partial charge in [0.1, 0.15) is 5.82 Å². The number of benzene rings is 1. The summed E-state index contributed by atoms with van der Waals surface area (Å²) in [5.41, 5.74) is 1.35. The second kappa shape index (κ2) is 7.37. The van der Waals surface area contributed by atoms with Gasteiger partial charge >= 0.3 is 0 Å². The van der Waals surface area contributed by atoms with Crippen molar-refractivity contribution in [3.8, 4) is 0 Å². The van der Waals surface area contributed by atoms with E-state index in [0.29, 0.717) is 5.56 Å². The van der Waals surface area contributed by atoms with Crippen LogP contribution in [0.2, 0.25) is 0 Å². The maximum Gasteiger partial charge on any atom is 0.294 e. The number of hydrogen-bond donors (Lipinski definition) is 1. The van der Waals surface area contributed by atoms with Crippen molar-refractivity contribution in [2.45, 2.75) is 11.8 Å². The van der Waals surface area contributed by atoms with E-state index in [0.717, 1.165) is 16.9 Å². The zero-order chi connectivity index (χ0) is 17.7. The first-order valence-electron chi connectivity index (χ1n) is 7.21. The molecule has 0 aliphatic rings. The summed E-state index contributed by atoms with van der Waals surface area (Å²) in [5, 5.41) is 1.08. The molecule has 1 N–H and O–H groups in total. The molecular weight excluding hydrogens is 326 g/mol. The van der Waals surface area contributed by atoms with Gasteiger partial charge < -0.3 is 4.90 Å². The molecule has 126 valence electrons. The molecule has 0 amide bonds. The van der Waals surface area contributed by atoms with Gasteiger partial charge in [0.2, 0.25) is 0 Å². The zero-order valence-electron chi connectivity index (χ0n) is 13.7. The fraction of sp³-hybridized carbons (Fsp3) is 0.176. The van der Waals surface area contributed by atoms with Crippen LogP contribution in [0, 0.1) is 6.92 Å². The molecule has 0 spiro atoms. The minimum atomic E-state index is -4.03. The third-order valence-corrected chi connectivity index (χ3v) is 4.29. The molecule has 0 radical (unpaired) electrons. The summed E-state index contributed by atoms with van der Waals surface area (Å²) in [5.74, 6) is 0.936. The number of fused-ring (bicyclic) bond motifs is 1. The van der Waals surface area contributed by atoms with Crippen LogP contribution < -0.4 is 4.90 Å². The summed E-state index contributed by atoms with van der Waals surface area (Å²) in [6.45, 7) is 1.63. The normalized spacial score (nSPS) is 10.8. The highest BCUT2D eigenvalue weighted by Gasteiger charge is 2.10. The van der Waals surface area contributed by atoms with E-state index in [4.69, 9.17) is 4.55 Å². The van der Waals surface area contributed by atoms with Crippen molar-refractivity contribution < 1.29 is 13.0 Å². The van der Waals surface area contributed by atoms with Crippen LogP contribution in [0.15, 0.2) is 59.6 Å². The molecular formula is C17H19N3O3S. The molecule has 2 heterocycles. The molecule has 0 unspecified atom stereocenters. The number of pyridine rings is 2. The Morgan fingerprint density at radius 1 is 1.00 bits per heavy atom. The number of rotatable bonds is 2. The second-order valence-electron chi connectivity index (χ2n) is 5.35. The van der Waals surface area contributed by atoms with Gasteiger partial charge in [-0.25, -0.2) is 9.97 Å². The molecule has 3 aromatic rings. The predicted molar refractivity (Wildman–Crippen MR) is 94.9 cm³/mol. The van der Waals surface area contributed by atoms with Gasteiger partial charge in [0.15, 0.2) is 5.65 Å². The van der Waals surface area contributed by atoms with E-state index in [1.807, 2.05) is 43.3 Å². The maximum atomic E-state index is 10.6. The molecule has 0 bridgehead atoms. The van der Waals surface area contributed by atoms with Crippen LogP contribution in [0.4, 0.5) is 5.82 Å². The molecule has 0 aliphatic carbocycles. The van der Waals surface area contributed by atoms with Crippen molar-refractivity contribution in [3.63, 3.8) is 0 Å². The molecule has 2 aromatic heterocycles. The van der Waals surface area contributed by atoms with E-state index < -0.39 is 10.1 Å². The summed E-state index contributed by atoms with van der Waals surface area (Å²) in [4.78, 5) is 10.5. The van der Waals surface area contributed by atoms with Crippen LogP contribution in [0.25, 0.3) is 11.0 Å². The molecule has 24 heavy (non-hydrogen) atoms. The van der Waals surface area contributed by atoms with Crippen LogP contribution in [0.3, 0.4) is 0 Å². The van der Waals surface area contributed by atoms with Crippen LogP contribution in [0.5, 0.6) is 0 Å². The highest BCUT2D eigenvalue weighted by Crippen LogP contribution is 2.14. The molecule has 0 aliphatic heterocycles. The third kappa shape index (κ3) is 4.50. The number of nitrogens with zero attached hydrogens (tertiary/aromatic N) is 3. The van der Waals surface area contributed by atoms with Crippen LogP contribution in [-0.2, 0) is 10.1 Å². The van der Waals surface area contributed by atoms with Gasteiger partial charge in [0.25, 0.3) is 10.1 Å². The van der Waals surface area contributed by atoms with E-state index in [9.17, 15) is 8.42 Å². The lowest BCUT2D eigenvalue weighted by Crippen LogP contribution is -2.10. The van der Waals surface area contributed by atoms with E-state index in [1.165, 1.54) is 6.07 Å². The quantitative estimate of drug-likeness (QED) is 0.719. The Kier molecular flexibility index (Phi) is 5.48. The van der Waals surface area contributed by atoms with E-state index in [-0.39, 0.29) is 4.90 Å². The smallest absolute Gasteiger partial charge is 0.294 e. The summed E-state index contributed by atoms with van der Waals surface area (Å²) >= 11 is 0. The van der Waals surface area contributed by atoms with Crippen molar-refractivity contribution in [1.82, 2.24) is 9.97 Å². The average Bonchev–Trinajstić information content (AvgIpc) is 2.54. The Hall–Kier alpha value is -2.51. The summed E-state index contributed by atoms with van der Waals surface area (Å²) in [7, 11) is -0.0948. The Labute approximate surface area is 141 Å². The third-order valence-electron chi connectivity index (χ3n) is 3.28. The molecule has 0 saturated heterocycles. The van der Waals surface area contributed by atoms with Crippen LogP contribution in [-0.4, -0.2) is 37.0 Å². The molecule has 0 atom stereocenters. The predicted octanol–water partition coefficient (Wildman–Crippen LogP) is 2.94. The lowest BCUT2D eigenvalue weighted by Gasteiger charge is -2.10. The summed E-state index contributed by atoms with van der Waals surface area (Å²) in [6.07, 6.45) is 1.76. The molecule has 3 rings (SSSR count). The van der Waals surface area contributed by atoms with Gasteiger partial charge in [0.05, 0.1) is 4.90 Å². The second-order valence-corrected chi connectivity index (χ2v) is 6.74. The minimum Gasteiger partial charge on any atom is -0.363 e. The molecule has 0 saturated carbocycles. The van der Waals surface area contributed by atoms with Crippen LogP contribution >= 0.6 is 0 Å². The van der Waals surface area contributed by atoms with Crippen molar-refractivity contribution in [2.24, 2.45) is 0 Å². The van der Waals surface area contributed by atoms with Gasteiger partial charge in [-0.3, -0.25) is 4.55 Å². The highest BCUT2D eigenvalue weighted by atomic mass is 32.2. The Bertz CT molecular complexity index is 940. The Balaban J connectivity index is 0.000000177. The van der Waals surface area contributed by atoms with Gasteiger partial charge in [-0.05, 0) is 42.8 Å². The Morgan fingerprint density at radius 3 is 2.29 bits per heavy atom. The van der Waals surface area contributed by atoms with Crippen molar-refractivity contribution in [2.75, 3.05) is 19.0 Å². The highest BCUT2D eigenvalue weighted by molar-refractivity contribution is 7.85. The van der Waals surface area contributed by atoms with Crippen LogP contribution in [0.1, 0.15) is 5.56 Å². The fourth-order valence-corrected chi connectivity index (χ4v) is 2.76. The lowest BCUT2D eigenvalue weighted by molar-refractivity contribution is 0.482. The van der Waals surface area contributed by atoms with Crippen molar-refractivity contribution >= 4 is 27.0 Å². The van der Waals surface area contributed by atoms with Crippen molar-refractivity contribution in [3.05, 3.63) is 60.3 Å². The molecule has 7 heteroatoms.